The molecule has 0 spiro atoms. The van der Waals surface area contributed by atoms with Gasteiger partial charge in [0.2, 0.25) is 0 Å². The lowest BCUT2D eigenvalue weighted by molar-refractivity contribution is -0.0126. The largest absolute Gasteiger partial charge is 0.508 e. The Hall–Kier alpha value is -0.770. The third-order valence-corrected chi connectivity index (χ3v) is 1.51. The Morgan fingerprint density at radius 2 is 1.85 bits per heavy atom. The molecule has 0 bridgehead atoms. The highest BCUT2D eigenvalue weighted by atomic mass is 16.7. The van der Waals surface area contributed by atoms with Crippen molar-refractivity contribution in [2.45, 2.75) is 33.3 Å². The molecule has 0 aliphatic heterocycles. The summed E-state index contributed by atoms with van der Waals surface area (Å²) < 4.78 is 14.7. The Morgan fingerprint density at radius 1 is 1.15 bits per heavy atom. The smallest absolute Gasteiger partial charge is 0.435 e. The van der Waals surface area contributed by atoms with Crippen molar-refractivity contribution in [1.29, 1.82) is 0 Å². The first-order valence-corrected chi connectivity index (χ1v) is 4.65. The van der Waals surface area contributed by atoms with Crippen LogP contribution in [0.4, 0.5) is 4.79 Å². The standard InChI is InChI=1S/C9H18O4/c1-4-8(11-5-2)7-13-9(10)12-6-3/h8H,4-7H2,1-3H3. The van der Waals surface area contributed by atoms with Gasteiger partial charge < -0.3 is 14.2 Å². The molecule has 0 aromatic heterocycles. The highest BCUT2D eigenvalue weighted by Gasteiger charge is 2.09. The minimum Gasteiger partial charge on any atom is -0.435 e. The highest BCUT2D eigenvalue weighted by molar-refractivity contribution is 5.59. The van der Waals surface area contributed by atoms with E-state index in [4.69, 9.17) is 9.47 Å². The van der Waals surface area contributed by atoms with E-state index in [1.54, 1.807) is 6.92 Å². The SMILES string of the molecule is CCOC(=O)OCC(CC)OCC. The third-order valence-electron chi connectivity index (χ3n) is 1.51. The van der Waals surface area contributed by atoms with Crippen LogP contribution >= 0.6 is 0 Å². The van der Waals surface area contributed by atoms with Crippen LogP contribution in [0.25, 0.3) is 0 Å². The van der Waals surface area contributed by atoms with Crippen LogP contribution in [0, 0.1) is 0 Å². The molecule has 1 atom stereocenters. The molecule has 0 aliphatic carbocycles. The van der Waals surface area contributed by atoms with Crippen LogP contribution < -0.4 is 0 Å². The summed E-state index contributed by atoms with van der Waals surface area (Å²) >= 11 is 0. The zero-order valence-electron chi connectivity index (χ0n) is 8.54. The van der Waals surface area contributed by atoms with Crippen molar-refractivity contribution in [3.8, 4) is 0 Å². The van der Waals surface area contributed by atoms with Crippen molar-refractivity contribution in [1.82, 2.24) is 0 Å². The Balaban J connectivity index is 3.52. The van der Waals surface area contributed by atoms with E-state index in [1.165, 1.54) is 0 Å². The summed E-state index contributed by atoms with van der Waals surface area (Å²) in [5.41, 5.74) is 0. The molecule has 0 aromatic carbocycles. The molecule has 78 valence electrons. The second-order valence-corrected chi connectivity index (χ2v) is 2.48. The Kier molecular flexibility index (Phi) is 7.39. The van der Waals surface area contributed by atoms with Crippen molar-refractivity contribution < 1.29 is 19.0 Å². The molecule has 0 radical (unpaired) electrons. The normalized spacial score (nSPS) is 12.2. The van der Waals surface area contributed by atoms with E-state index in [9.17, 15) is 4.79 Å². The molecule has 0 amide bonds. The van der Waals surface area contributed by atoms with Gasteiger partial charge in [-0.15, -0.1) is 0 Å². The van der Waals surface area contributed by atoms with E-state index in [-0.39, 0.29) is 12.7 Å². The molecular formula is C9H18O4. The van der Waals surface area contributed by atoms with Crippen molar-refractivity contribution >= 4 is 6.16 Å². The van der Waals surface area contributed by atoms with E-state index in [0.717, 1.165) is 6.42 Å². The maximum atomic E-state index is 10.8. The van der Waals surface area contributed by atoms with E-state index < -0.39 is 6.16 Å². The van der Waals surface area contributed by atoms with Crippen LogP contribution in [0.2, 0.25) is 0 Å². The molecular weight excluding hydrogens is 172 g/mol. The summed E-state index contributed by atoms with van der Waals surface area (Å²) in [6.07, 6.45) is 0.183. The van der Waals surface area contributed by atoms with Crippen LogP contribution in [0.3, 0.4) is 0 Å². The van der Waals surface area contributed by atoms with E-state index >= 15 is 0 Å². The van der Waals surface area contributed by atoms with Crippen LogP contribution in [0.5, 0.6) is 0 Å². The molecule has 4 heteroatoms. The Labute approximate surface area is 79.2 Å². The lowest BCUT2D eigenvalue weighted by Crippen LogP contribution is -2.21. The molecule has 0 N–H and O–H groups in total. The molecule has 13 heavy (non-hydrogen) atoms. The van der Waals surface area contributed by atoms with Gasteiger partial charge >= 0.3 is 6.16 Å². The summed E-state index contributed by atoms with van der Waals surface area (Å²) in [6, 6.07) is 0. The molecule has 0 aromatic rings. The number of rotatable bonds is 6. The molecule has 4 nitrogen and oxygen atoms in total. The Morgan fingerprint density at radius 3 is 2.31 bits per heavy atom. The van der Waals surface area contributed by atoms with Gasteiger partial charge in [0.15, 0.2) is 0 Å². The zero-order chi connectivity index (χ0) is 10.1. The van der Waals surface area contributed by atoms with Gasteiger partial charge in [0, 0.05) is 6.61 Å². The lowest BCUT2D eigenvalue weighted by atomic mass is 10.3. The van der Waals surface area contributed by atoms with E-state index in [0.29, 0.717) is 13.2 Å². The van der Waals surface area contributed by atoms with Crippen LogP contribution in [0.15, 0.2) is 0 Å². The van der Waals surface area contributed by atoms with Gasteiger partial charge in [-0.2, -0.15) is 0 Å². The van der Waals surface area contributed by atoms with E-state index in [1.807, 2.05) is 13.8 Å². The molecule has 0 saturated carbocycles. The number of ether oxygens (including phenoxy) is 3. The zero-order valence-corrected chi connectivity index (χ0v) is 8.54. The summed E-state index contributed by atoms with van der Waals surface area (Å²) in [6.45, 7) is 6.86. The number of hydrogen-bond acceptors (Lipinski definition) is 4. The van der Waals surface area contributed by atoms with E-state index in [2.05, 4.69) is 4.74 Å². The first-order chi connectivity index (χ1) is 6.24. The first-order valence-electron chi connectivity index (χ1n) is 4.65. The fraction of sp³-hybridized carbons (Fsp3) is 0.889. The predicted octanol–water partition coefficient (Wildman–Crippen LogP) is 1.97. The van der Waals surface area contributed by atoms with Gasteiger partial charge in [0.05, 0.1) is 12.7 Å². The fourth-order valence-electron chi connectivity index (χ4n) is 0.840. The van der Waals surface area contributed by atoms with Gasteiger partial charge in [-0.25, -0.2) is 4.79 Å². The molecule has 0 fully saturated rings. The van der Waals surface area contributed by atoms with Crippen molar-refractivity contribution in [3.05, 3.63) is 0 Å². The number of hydrogen-bond donors (Lipinski definition) is 0. The first kappa shape index (κ1) is 12.2. The maximum Gasteiger partial charge on any atom is 0.508 e. The predicted molar refractivity (Wildman–Crippen MR) is 48.7 cm³/mol. The van der Waals surface area contributed by atoms with Crippen molar-refractivity contribution in [3.63, 3.8) is 0 Å². The van der Waals surface area contributed by atoms with Crippen LogP contribution in [-0.2, 0) is 14.2 Å². The molecule has 0 heterocycles. The van der Waals surface area contributed by atoms with Crippen molar-refractivity contribution in [2.24, 2.45) is 0 Å². The highest BCUT2D eigenvalue weighted by Crippen LogP contribution is 1.99. The summed E-state index contributed by atoms with van der Waals surface area (Å²) in [4.78, 5) is 10.8. The summed E-state index contributed by atoms with van der Waals surface area (Å²) in [5, 5.41) is 0. The minimum atomic E-state index is -0.624. The van der Waals surface area contributed by atoms with Gasteiger partial charge in [-0.3, -0.25) is 0 Å². The van der Waals surface area contributed by atoms with Crippen LogP contribution in [-0.4, -0.2) is 32.1 Å². The van der Waals surface area contributed by atoms with Gasteiger partial charge in [-0.1, -0.05) is 6.92 Å². The lowest BCUT2D eigenvalue weighted by Gasteiger charge is -2.14. The summed E-state index contributed by atoms with van der Waals surface area (Å²) in [7, 11) is 0. The van der Waals surface area contributed by atoms with Crippen molar-refractivity contribution in [2.75, 3.05) is 19.8 Å². The van der Waals surface area contributed by atoms with Gasteiger partial charge in [0.1, 0.15) is 6.61 Å². The average molecular weight is 190 g/mol. The summed E-state index contributed by atoms with van der Waals surface area (Å²) in [5.74, 6) is 0. The number of carbonyl (C=O) groups excluding carboxylic acids is 1. The Bertz CT molecular complexity index is 136. The van der Waals surface area contributed by atoms with Gasteiger partial charge in [-0.05, 0) is 20.3 Å². The molecule has 0 saturated heterocycles. The fourth-order valence-corrected chi connectivity index (χ4v) is 0.840. The minimum absolute atomic E-state index is 0.0191. The average Bonchev–Trinajstić information content (AvgIpc) is 2.12. The third kappa shape index (κ3) is 6.40. The van der Waals surface area contributed by atoms with Gasteiger partial charge in [0.25, 0.3) is 0 Å². The maximum absolute atomic E-state index is 10.8. The number of carbonyl (C=O) groups is 1. The quantitative estimate of drug-likeness (QED) is 0.601. The monoisotopic (exact) mass is 190 g/mol. The topological polar surface area (TPSA) is 44.8 Å². The molecule has 0 aliphatic rings. The molecule has 1 unspecified atom stereocenters. The van der Waals surface area contributed by atoms with Crippen LogP contribution in [0.1, 0.15) is 27.2 Å². The second kappa shape index (κ2) is 7.86. The molecule has 0 rings (SSSR count). The second-order valence-electron chi connectivity index (χ2n) is 2.48.